The second-order valence-corrected chi connectivity index (χ2v) is 6.29. The molecular formula is C17H26N2. The Balaban J connectivity index is 1.70. The Bertz CT molecular complexity index is 429. The quantitative estimate of drug-likeness (QED) is 0.819. The van der Waals surface area contributed by atoms with Crippen molar-refractivity contribution in [3.63, 3.8) is 0 Å². The minimum Gasteiger partial charge on any atom is -0.304 e. The van der Waals surface area contributed by atoms with Crippen molar-refractivity contribution in [2.24, 2.45) is 0 Å². The molecule has 19 heavy (non-hydrogen) atoms. The highest BCUT2D eigenvalue weighted by molar-refractivity contribution is 5.34. The third kappa shape index (κ3) is 3.37. The van der Waals surface area contributed by atoms with E-state index in [1.807, 2.05) is 0 Å². The number of benzene rings is 1. The number of aryl methyl sites for hydroxylation is 1. The summed E-state index contributed by atoms with van der Waals surface area (Å²) in [5, 5.41) is 0. The van der Waals surface area contributed by atoms with Crippen LogP contribution in [0.3, 0.4) is 0 Å². The first-order valence-electron chi connectivity index (χ1n) is 7.78. The SMILES string of the molecule is CCc1cc(CN2CCN(C)CC2)cc(C2CC2)c1. The molecule has 1 saturated carbocycles. The Morgan fingerprint density at radius 1 is 1.00 bits per heavy atom. The zero-order valence-corrected chi connectivity index (χ0v) is 12.4. The molecule has 104 valence electrons. The fraction of sp³-hybridized carbons (Fsp3) is 0.647. The van der Waals surface area contributed by atoms with Gasteiger partial charge in [-0.25, -0.2) is 0 Å². The Labute approximate surface area is 117 Å². The molecule has 0 bridgehead atoms. The van der Waals surface area contributed by atoms with Crippen LogP contribution in [-0.4, -0.2) is 43.0 Å². The summed E-state index contributed by atoms with van der Waals surface area (Å²) in [6, 6.07) is 7.32. The Morgan fingerprint density at radius 2 is 1.68 bits per heavy atom. The first-order valence-corrected chi connectivity index (χ1v) is 7.78. The molecule has 0 N–H and O–H groups in total. The number of likely N-dealkylation sites (N-methyl/N-ethyl adjacent to an activating group) is 1. The molecule has 0 atom stereocenters. The number of hydrogen-bond donors (Lipinski definition) is 0. The minimum absolute atomic E-state index is 0.873. The molecule has 1 aromatic carbocycles. The van der Waals surface area contributed by atoms with Crippen molar-refractivity contribution in [2.75, 3.05) is 33.2 Å². The molecule has 2 heteroatoms. The van der Waals surface area contributed by atoms with E-state index in [4.69, 9.17) is 0 Å². The topological polar surface area (TPSA) is 6.48 Å². The maximum atomic E-state index is 2.60. The van der Waals surface area contributed by atoms with Gasteiger partial charge in [-0.1, -0.05) is 25.1 Å². The molecule has 0 spiro atoms. The van der Waals surface area contributed by atoms with Crippen molar-refractivity contribution < 1.29 is 0 Å². The summed E-state index contributed by atoms with van der Waals surface area (Å²) in [5.74, 6) is 0.873. The summed E-state index contributed by atoms with van der Waals surface area (Å²) >= 11 is 0. The van der Waals surface area contributed by atoms with Crippen LogP contribution < -0.4 is 0 Å². The summed E-state index contributed by atoms with van der Waals surface area (Å²) in [4.78, 5) is 5.03. The number of rotatable bonds is 4. The van der Waals surface area contributed by atoms with E-state index < -0.39 is 0 Å². The second kappa shape index (κ2) is 5.64. The van der Waals surface area contributed by atoms with E-state index in [1.54, 1.807) is 5.56 Å². The first kappa shape index (κ1) is 13.1. The molecule has 0 amide bonds. The van der Waals surface area contributed by atoms with Crippen molar-refractivity contribution in [3.8, 4) is 0 Å². The maximum absolute atomic E-state index is 2.60. The molecule has 0 aromatic heterocycles. The summed E-state index contributed by atoms with van der Waals surface area (Å²) in [6.07, 6.45) is 3.97. The van der Waals surface area contributed by atoms with Crippen LogP contribution in [0.1, 0.15) is 42.4 Å². The zero-order valence-electron chi connectivity index (χ0n) is 12.4. The van der Waals surface area contributed by atoms with Gasteiger partial charge in [0.2, 0.25) is 0 Å². The van der Waals surface area contributed by atoms with E-state index in [9.17, 15) is 0 Å². The molecule has 1 heterocycles. The van der Waals surface area contributed by atoms with Crippen molar-refractivity contribution >= 4 is 0 Å². The molecule has 0 radical (unpaired) electrons. The smallest absolute Gasteiger partial charge is 0.0235 e. The van der Waals surface area contributed by atoms with Crippen molar-refractivity contribution in [3.05, 3.63) is 34.9 Å². The lowest BCUT2D eigenvalue weighted by molar-refractivity contribution is 0.148. The lowest BCUT2D eigenvalue weighted by Crippen LogP contribution is -2.43. The second-order valence-electron chi connectivity index (χ2n) is 6.29. The van der Waals surface area contributed by atoms with Gasteiger partial charge in [0.25, 0.3) is 0 Å². The Kier molecular flexibility index (Phi) is 3.90. The number of hydrogen-bond acceptors (Lipinski definition) is 2. The fourth-order valence-electron chi connectivity index (χ4n) is 3.00. The first-order chi connectivity index (χ1) is 9.24. The van der Waals surface area contributed by atoms with E-state index in [-0.39, 0.29) is 0 Å². The van der Waals surface area contributed by atoms with Gasteiger partial charge < -0.3 is 4.90 Å². The third-order valence-electron chi connectivity index (χ3n) is 4.53. The van der Waals surface area contributed by atoms with E-state index in [2.05, 4.69) is 42.0 Å². The van der Waals surface area contributed by atoms with E-state index >= 15 is 0 Å². The summed E-state index contributed by atoms with van der Waals surface area (Å²) in [6.45, 7) is 8.26. The monoisotopic (exact) mass is 258 g/mol. The van der Waals surface area contributed by atoms with Gasteiger partial charge in [0.1, 0.15) is 0 Å². The predicted molar refractivity (Wildman–Crippen MR) is 80.6 cm³/mol. The summed E-state index contributed by atoms with van der Waals surface area (Å²) in [5.41, 5.74) is 4.66. The van der Waals surface area contributed by atoms with Crippen LogP contribution in [0.4, 0.5) is 0 Å². The molecule has 0 unspecified atom stereocenters. The molecule has 1 aromatic rings. The average molecular weight is 258 g/mol. The van der Waals surface area contributed by atoms with Crippen LogP contribution in [-0.2, 0) is 13.0 Å². The average Bonchev–Trinajstić information content (AvgIpc) is 3.25. The molecule has 1 saturated heterocycles. The van der Waals surface area contributed by atoms with Gasteiger partial charge in [0.05, 0.1) is 0 Å². The maximum Gasteiger partial charge on any atom is 0.0235 e. The minimum atomic E-state index is 0.873. The highest BCUT2D eigenvalue weighted by Gasteiger charge is 2.24. The van der Waals surface area contributed by atoms with Crippen LogP contribution in [0.15, 0.2) is 18.2 Å². The van der Waals surface area contributed by atoms with Gasteiger partial charge in [-0.05, 0) is 48.9 Å². The van der Waals surface area contributed by atoms with Crippen LogP contribution in [0.25, 0.3) is 0 Å². The normalized spacial score (nSPS) is 21.8. The summed E-state index contributed by atoms with van der Waals surface area (Å²) in [7, 11) is 2.22. The van der Waals surface area contributed by atoms with Crippen molar-refractivity contribution in [1.29, 1.82) is 0 Å². The standard InChI is InChI=1S/C17H26N2/c1-3-14-10-15(12-17(11-14)16-4-5-16)13-19-8-6-18(2)7-9-19/h10-12,16H,3-9,13H2,1-2H3. The van der Waals surface area contributed by atoms with Crippen molar-refractivity contribution in [2.45, 2.75) is 38.6 Å². The Morgan fingerprint density at radius 3 is 2.32 bits per heavy atom. The molecule has 2 nitrogen and oxygen atoms in total. The van der Waals surface area contributed by atoms with E-state index in [0.29, 0.717) is 0 Å². The van der Waals surface area contributed by atoms with Crippen LogP contribution in [0, 0.1) is 0 Å². The van der Waals surface area contributed by atoms with Crippen LogP contribution >= 0.6 is 0 Å². The third-order valence-corrected chi connectivity index (χ3v) is 4.53. The van der Waals surface area contributed by atoms with Gasteiger partial charge in [0.15, 0.2) is 0 Å². The van der Waals surface area contributed by atoms with Crippen LogP contribution in [0.2, 0.25) is 0 Å². The van der Waals surface area contributed by atoms with Gasteiger partial charge in [-0.15, -0.1) is 0 Å². The fourth-order valence-corrected chi connectivity index (χ4v) is 3.00. The summed E-state index contributed by atoms with van der Waals surface area (Å²) < 4.78 is 0. The molecule has 1 aliphatic heterocycles. The van der Waals surface area contributed by atoms with Gasteiger partial charge in [-0.2, -0.15) is 0 Å². The predicted octanol–water partition coefficient (Wildman–Crippen LogP) is 2.87. The lowest BCUT2D eigenvalue weighted by atomic mass is 10.0. The van der Waals surface area contributed by atoms with Gasteiger partial charge in [0, 0.05) is 32.7 Å². The van der Waals surface area contributed by atoms with E-state index in [0.717, 1.165) is 18.9 Å². The van der Waals surface area contributed by atoms with Crippen LogP contribution in [0.5, 0.6) is 0 Å². The number of piperazine rings is 1. The largest absolute Gasteiger partial charge is 0.304 e. The molecular weight excluding hydrogens is 232 g/mol. The highest BCUT2D eigenvalue weighted by Crippen LogP contribution is 2.40. The lowest BCUT2D eigenvalue weighted by Gasteiger charge is -2.32. The Hall–Kier alpha value is -0.860. The molecule has 2 fully saturated rings. The molecule has 3 rings (SSSR count). The molecule has 2 aliphatic rings. The van der Waals surface area contributed by atoms with Gasteiger partial charge >= 0.3 is 0 Å². The highest BCUT2D eigenvalue weighted by atomic mass is 15.2. The van der Waals surface area contributed by atoms with Crippen molar-refractivity contribution in [1.82, 2.24) is 9.80 Å². The number of nitrogens with zero attached hydrogens (tertiary/aromatic N) is 2. The molecule has 1 aliphatic carbocycles. The van der Waals surface area contributed by atoms with Gasteiger partial charge in [-0.3, -0.25) is 4.90 Å². The zero-order chi connectivity index (χ0) is 13.2. The van der Waals surface area contributed by atoms with E-state index in [1.165, 1.54) is 50.1 Å².